The van der Waals surface area contributed by atoms with Gasteiger partial charge in [-0.25, -0.2) is 4.98 Å². The molecule has 0 radical (unpaired) electrons. The number of allylic oxidation sites excluding steroid dienone is 2. The Kier molecular flexibility index (Phi) is 5.61. The highest BCUT2D eigenvalue weighted by Gasteiger charge is 2.08. The molecular formula is C19H21N3O3. The molecule has 0 N–H and O–H groups in total. The van der Waals surface area contributed by atoms with Crippen LogP contribution in [-0.4, -0.2) is 27.9 Å². The first-order chi connectivity index (χ1) is 12.2. The number of likely N-dealkylation sites (tertiary alicyclic amines) is 1. The van der Waals surface area contributed by atoms with Crippen LogP contribution >= 0.6 is 0 Å². The number of aromatic nitrogens is 1. The van der Waals surface area contributed by atoms with Gasteiger partial charge in [-0.2, -0.15) is 0 Å². The Morgan fingerprint density at radius 2 is 1.80 bits per heavy atom. The first kappa shape index (κ1) is 17.0. The average molecular weight is 339 g/mol. The first-order valence-corrected chi connectivity index (χ1v) is 8.52. The number of nitro groups is 1. The highest BCUT2D eigenvalue weighted by Crippen LogP contribution is 2.23. The molecule has 1 aromatic carbocycles. The van der Waals surface area contributed by atoms with Crippen LogP contribution in [0, 0.1) is 10.1 Å². The van der Waals surface area contributed by atoms with E-state index in [-0.39, 0.29) is 5.69 Å². The predicted octanol–water partition coefficient (Wildman–Crippen LogP) is 4.65. The number of benzene rings is 1. The van der Waals surface area contributed by atoms with Crippen LogP contribution in [0.1, 0.15) is 31.6 Å². The molecule has 0 amide bonds. The second kappa shape index (κ2) is 8.28. The zero-order chi connectivity index (χ0) is 17.5. The molecule has 25 heavy (non-hydrogen) atoms. The van der Waals surface area contributed by atoms with Gasteiger partial charge in [0.25, 0.3) is 5.69 Å². The maximum atomic E-state index is 10.7. The van der Waals surface area contributed by atoms with Crippen LogP contribution in [0.25, 0.3) is 17.4 Å². The minimum Gasteiger partial charge on any atom is -0.437 e. The fourth-order valence-electron chi connectivity index (χ4n) is 2.80. The lowest BCUT2D eigenvalue weighted by molar-refractivity contribution is -0.384. The Morgan fingerprint density at radius 3 is 2.48 bits per heavy atom. The molecule has 1 saturated heterocycles. The van der Waals surface area contributed by atoms with E-state index in [1.807, 2.05) is 18.2 Å². The molecule has 2 aromatic rings. The molecule has 3 rings (SSSR count). The Balaban J connectivity index is 1.60. The lowest BCUT2D eigenvalue weighted by Gasteiger charge is -2.16. The van der Waals surface area contributed by atoms with Crippen molar-refractivity contribution >= 4 is 11.8 Å². The molecule has 1 aliphatic rings. The van der Waals surface area contributed by atoms with Gasteiger partial charge in [0.1, 0.15) is 0 Å². The molecule has 6 heteroatoms. The quantitative estimate of drug-likeness (QED) is 0.450. The topological polar surface area (TPSA) is 72.4 Å². The number of hydrogen-bond donors (Lipinski definition) is 0. The van der Waals surface area contributed by atoms with Crippen molar-refractivity contribution in [2.75, 3.05) is 13.1 Å². The van der Waals surface area contributed by atoms with Gasteiger partial charge in [-0.15, -0.1) is 0 Å². The minimum absolute atomic E-state index is 0.0574. The number of non-ortho nitro benzene ring substituents is 1. The van der Waals surface area contributed by atoms with Crippen molar-refractivity contribution in [1.29, 1.82) is 0 Å². The summed E-state index contributed by atoms with van der Waals surface area (Å²) in [6, 6.07) is 6.23. The van der Waals surface area contributed by atoms with E-state index in [0.717, 1.165) is 18.7 Å². The van der Waals surface area contributed by atoms with Crippen LogP contribution in [-0.2, 0) is 0 Å². The minimum atomic E-state index is -0.422. The summed E-state index contributed by atoms with van der Waals surface area (Å²) in [5.74, 6) is 1.10. The van der Waals surface area contributed by atoms with Crippen LogP contribution in [0.15, 0.2) is 53.2 Å². The SMILES string of the molecule is O=[N+]([O-])c1ccc(-c2cnc(/C=C/C=C/N3CCCCCC3)o2)cc1. The van der Waals surface area contributed by atoms with E-state index in [2.05, 4.69) is 16.1 Å². The van der Waals surface area contributed by atoms with Crippen molar-refractivity contribution < 1.29 is 9.34 Å². The maximum absolute atomic E-state index is 10.7. The Labute approximate surface area is 146 Å². The smallest absolute Gasteiger partial charge is 0.269 e. The molecule has 0 unspecified atom stereocenters. The normalized spacial score (nSPS) is 15.8. The number of rotatable bonds is 5. The lowest BCUT2D eigenvalue weighted by Crippen LogP contribution is -2.17. The molecule has 0 bridgehead atoms. The molecule has 0 spiro atoms. The van der Waals surface area contributed by atoms with Crippen LogP contribution < -0.4 is 0 Å². The lowest BCUT2D eigenvalue weighted by atomic mass is 10.2. The predicted molar refractivity (Wildman–Crippen MR) is 96.8 cm³/mol. The molecule has 0 saturated carbocycles. The van der Waals surface area contributed by atoms with Crippen molar-refractivity contribution in [1.82, 2.24) is 9.88 Å². The molecule has 0 aliphatic carbocycles. The summed E-state index contributed by atoms with van der Waals surface area (Å²) in [5, 5.41) is 10.7. The van der Waals surface area contributed by atoms with E-state index >= 15 is 0 Å². The fourth-order valence-corrected chi connectivity index (χ4v) is 2.80. The van der Waals surface area contributed by atoms with Crippen LogP contribution in [0.2, 0.25) is 0 Å². The van der Waals surface area contributed by atoms with Gasteiger partial charge >= 0.3 is 0 Å². The Morgan fingerprint density at radius 1 is 1.08 bits per heavy atom. The van der Waals surface area contributed by atoms with Gasteiger partial charge in [-0.3, -0.25) is 10.1 Å². The monoisotopic (exact) mass is 339 g/mol. The Hall–Kier alpha value is -2.89. The molecular weight excluding hydrogens is 318 g/mol. The molecule has 0 atom stereocenters. The molecule has 130 valence electrons. The third-order valence-corrected chi connectivity index (χ3v) is 4.17. The maximum Gasteiger partial charge on any atom is 0.269 e. The summed E-state index contributed by atoms with van der Waals surface area (Å²) in [6.45, 7) is 2.24. The van der Waals surface area contributed by atoms with E-state index in [9.17, 15) is 10.1 Å². The van der Waals surface area contributed by atoms with Gasteiger partial charge < -0.3 is 9.32 Å². The highest BCUT2D eigenvalue weighted by molar-refractivity contribution is 5.59. The zero-order valence-electron chi connectivity index (χ0n) is 14.0. The van der Waals surface area contributed by atoms with Crippen molar-refractivity contribution in [3.63, 3.8) is 0 Å². The Bertz CT molecular complexity index is 754. The van der Waals surface area contributed by atoms with Crippen LogP contribution in [0.5, 0.6) is 0 Å². The van der Waals surface area contributed by atoms with E-state index in [0.29, 0.717) is 11.7 Å². The highest BCUT2D eigenvalue weighted by atomic mass is 16.6. The van der Waals surface area contributed by atoms with Gasteiger partial charge in [0.15, 0.2) is 5.76 Å². The number of nitrogens with zero attached hydrogens (tertiary/aromatic N) is 3. The second-order valence-electron chi connectivity index (χ2n) is 6.02. The van der Waals surface area contributed by atoms with E-state index < -0.39 is 4.92 Å². The van der Waals surface area contributed by atoms with Gasteiger partial charge in [-0.05, 0) is 37.3 Å². The standard InChI is InChI=1S/C19H21N3O3/c23-22(24)17-10-8-16(9-11-17)18-15-20-19(25-18)7-3-6-14-21-12-4-1-2-5-13-21/h3,6-11,14-15H,1-2,4-5,12-13H2/b7-3+,14-6+. The number of oxazole rings is 1. The van der Waals surface area contributed by atoms with Gasteiger partial charge in [0.05, 0.1) is 11.1 Å². The van der Waals surface area contributed by atoms with Crippen LogP contribution in [0.3, 0.4) is 0 Å². The molecule has 1 aromatic heterocycles. The summed E-state index contributed by atoms with van der Waals surface area (Å²) in [4.78, 5) is 16.8. The first-order valence-electron chi connectivity index (χ1n) is 8.52. The van der Waals surface area contributed by atoms with Crippen molar-refractivity contribution in [2.24, 2.45) is 0 Å². The van der Waals surface area contributed by atoms with Gasteiger partial charge in [0.2, 0.25) is 5.89 Å². The number of nitro benzene ring substituents is 1. The van der Waals surface area contributed by atoms with Crippen LogP contribution in [0.4, 0.5) is 5.69 Å². The van der Waals surface area contributed by atoms with Gasteiger partial charge in [0, 0.05) is 36.9 Å². The largest absolute Gasteiger partial charge is 0.437 e. The van der Waals surface area contributed by atoms with Crippen molar-refractivity contribution in [2.45, 2.75) is 25.7 Å². The van der Waals surface area contributed by atoms with Gasteiger partial charge in [-0.1, -0.05) is 18.9 Å². The molecule has 6 nitrogen and oxygen atoms in total. The third kappa shape index (κ3) is 4.79. The summed E-state index contributed by atoms with van der Waals surface area (Å²) in [7, 11) is 0. The summed E-state index contributed by atoms with van der Waals surface area (Å²) >= 11 is 0. The van der Waals surface area contributed by atoms with E-state index in [4.69, 9.17) is 4.42 Å². The second-order valence-corrected chi connectivity index (χ2v) is 6.02. The van der Waals surface area contributed by atoms with E-state index in [1.165, 1.54) is 37.8 Å². The fraction of sp³-hybridized carbons (Fsp3) is 0.316. The van der Waals surface area contributed by atoms with E-state index in [1.54, 1.807) is 18.3 Å². The summed E-state index contributed by atoms with van der Waals surface area (Å²) < 4.78 is 5.67. The molecule has 1 aliphatic heterocycles. The number of hydrogen-bond acceptors (Lipinski definition) is 5. The average Bonchev–Trinajstić information content (AvgIpc) is 2.94. The zero-order valence-corrected chi connectivity index (χ0v) is 14.0. The molecule has 1 fully saturated rings. The van der Waals surface area contributed by atoms with Crippen molar-refractivity contribution in [3.8, 4) is 11.3 Å². The summed E-state index contributed by atoms with van der Waals surface area (Å²) in [5.41, 5.74) is 0.819. The molecule has 2 heterocycles. The third-order valence-electron chi connectivity index (χ3n) is 4.17. The van der Waals surface area contributed by atoms with Crippen molar-refractivity contribution in [3.05, 3.63) is 64.8 Å². The summed E-state index contributed by atoms with van der Waals surface area (Å²) in [6.07, 6.45) is 14.6.